The summed E-state index contributed by atoms with van der Waals surface area (Å²) in [6.07, 6.45) is 1.25. The molecule has 8 heteroatoms. The van der Waals surface area contributed by atoms with Crippen LogP contribution in [-0.2, 0) is 19.1 Å². The number of amides is 2. The van der Waals surface area contributed by atoms with Crippen molar-refractivity contribution in [2.45, 2.75) is 32.5 Å². The van der Waals surface area contributed by atoms with Crippen LogP contribution in [0.5, 0.6) is 11.5 Å². The minimum Gasteiger partial charge on any atom is -0.486 e. The Morgan fingerprint density at radius 1 is 1.00 bits per heavy atom. The highest BCUT2D eigenvalue weighted by atomic mass is 16.7. The van der Waals surface area contributed by atoms with E-state index in [2.05, 4.69) is 5.32 Å². The Labute approximate surface area is 164 Å². The van der Waals surface area contributed by atoms with Gasteiger partial charge in [-0.15, -0.1) is 0 Å². The zero-order valence-corrected chi connectivity index (χ0v) is 16.3. The third kappa shape index (κ3) is 3.54. The van der Waals surface area contributed by atoms with Crippen LogP contribution >= 0.6 is 0 Å². The van der Waals surface area contributed by atoms with E-state index in [0.29, 0.717) is 69.5 Å². The Kier molecular flexibility index (Phi) is 4.93. The lowest BCUT2D eigenvalue weighted by molar-refractivity contribution is -0.189. The largest absolute Gasteiger partial charge is 0.486 e. The Bertz CT molecular complexity index is 762. The maximum absolute atomic E-state index is 13.0. The molecule has 0 atom stereocenters. The summed E-state index contributed by atoms with van der Waals surface area (Å²) in [6, 6.07) is 5.21. The van der Waals surface area contributed by atoms with E-state index in [-0.39, 0.29) is 11.8 Å². The van der Waals surface area contributed by atoms with Gasteiger partial charge in [0.15, 0.2) is 17.3 Å². The van der Waals surface area contributed by atoms with Crippen molar-refractivity contribution in [3.63, 3.8) is 0 Å². The number of fused-ring (bicyclic) bond motifs is 1. The first-order valence-corrected chi connectivity index (χ1v) is 9.68. The van der Waals surface area contributed by atoms with Crippen molar-refractivity contribution in [2.75, 3.05) is 44.8 Å². The summed E-state index contributed by atoms with van der Waals surface area (Å²) in [6.45, 7) is 6.49. The number of carbonyl (C=O) groups excluding carboxylic acids is 2. The zero-order chi connectivity index (χ0) is 19.8. The Hall–Kier alpha value is -2.32. The van der Waals surface area contributed by atoms with Gasteiger partial charge in [-0.05, 0) is 26.0 Å². The van der Waals surface area contributed by atoms with Crippen LogP contribution < -0.4 is 14.8 Å². The number of piperidine rings is 1. The number of likely N-dealkylation sites (tertiary alicyclic amines) is 1. The average molecular weight is 390 g/mol. The lowest BCUT2D eigenvalue weighted by atomic mass is 9.88. The molecule has 0 aromatic heterocycles. The van der Waals surface area contributed by atoms with Crippen LogP contribution in [0.1, 0.15) is 26.7 Å². The predicted octanol–water partition coefficient (Wildman–Crippen LogP) is 1.79. The van der Waals surface area contributed by atoms with E-state index in [4.69, 9.17) is 18.9 Å². The van der Waals surface area contributed by atoms with Gasteiger partial charge < -0.3 is 29.2 Å². The van der Waals surface area contributed by atoms with Crippen LogP contribution in [0.15, 0.2) is 18.2 Å². The maximum Gasteiger partial charge on any atom is 0.239 e. The zero-order valence-electron chi connectivity index (χ0n) is 16.3. The van der Waals surface area contributed by atoms with Crippen molar-refractivity contribution in [2.24, 2.45) is 5.41 Å². The maximum atomic E-state index is 13.0. The molecule has 1 spiro atoms. The lowest BCUT2D eigenvalue weighted by Crippen LogP contribution is -2.53. The van der Waals surface area contributed by atoms with E-state index < -0.39 is 11.2 Å². The van der Waals surface area contributed by atoms with E-state index in [9.17, 15) is 9.59 Å². The van der Waals surface area contributed by atoms with Gasteiger partial charge in [-0.3, -0.25) is 9.59 Å². The first kappa shape index (κ1) is 19.0. The van der Waals surface area contributed by atoms with Crippen molar-refractivity contribution in [3.05, 3.63) is 18.2 Å². The molecule has 152 valence electrons. The molecule has 0 unspecified atom stereocenters. The first-order chi connectivity index (χ1) is 13.4. The molecule has 8 nitrogen and oxygen atoms in total. The third-order valence-electron chi connectivity index (χ3n) is 5.53. The molecule has 28 heavy (non-hydrogen) atoms. The van der Waals surface area contributed by atoms with Crippen molar-refractivity contribution < 1.29 is 28.5 Å². The number of nitrogens with zero attached hydrogens (tertiary/aromatic N) is 1. The number of hydrogen-bond acceptors (Lipinski definition) is 6. The Morgan fingerprint density at radius 3 is 2.32 bits per heavy atom. The van der Waals surface area contributed by atoms with Crippen LogP contribution in [-0.4, -0.2) is 62.0 Å². The van der Waals surface area contributed by atoms with Crippen LogP contribution in [0.25, 0.3) is 0 Å². The van der Waals surface area contributed by atoms with E-state index in [0.717, 1.165) is 0 Å². The standard InChI is InChI=1S/C20H26N2O6/c1-19(2,18(24)22-7-5-20(6-8-22)27-11-12-28-20)17(23)21-14-3-4-15-16(13-14)26-10-9-25-15/h3-4,13H,5-12H2,1-2H3,(H,21,23). The molecule has 3 aliphatic heterocycles. The molecule has 0 aliphatic carbocycles. The molecule has 0 saturated carbocycles. The van der Waals surface area contributed by atoms with Gasteiger partial charge in [-0.1, -0.05) is 0 Å². The highest BCUT2D eigenvalue weighted by molar-refractivity contribution is 6.10. The molecule has 2 fully saturated rings. The number of nitrogens with one attached hydrogen (secondary N) is 1. The van der Waals surface area contributed by atoms with Gasteiger partial charge in [0.05, 0.1) is 13.2 Å². The number of rotatable bonds is 3. The molecule has 3 heterocycles. The molecule has 2 saturated heterocycles. The summed E-state index contributed by atoms with van der Waals surface area (Å²) < 4.78 is 22.4. The normalized spacial score (nSPS) is 20.9. The fourth-order valence-corrected chi connectivity index (χ4v) is 3.74. The number of carbonyl (C=O) groups is 2. The van der Waals surface area contributed by atoms with Crippen LogP contribution in [0, 0.1) is 5.41 Å². The van der Waals surface area contributed by atoms with Crippen molar-refractivity contribution in [3.8, 4) is 11.5 Å². The summed E-state index contributed by atoms with van der Waals surface area (Å²) >= 11 is 0. The van der Waals surface area contributed by atoms with Crippen molar-refractivity contribution in [1.82, 2.24) is 4.90 Å². The van der Waals surface area contributed by atoms with E-state index in [1.54, 1.807) is 36.9 Å². The second-order valence-corrected chi connectivity index (χ2v) is 7.84. The molecule has 0 radical (unpaired) electrons. The smallest absolute Gasteiger partial charge is 0.239 e. The van der Waals surface area contributed by atoms with Crippen LogP contribution in [0.2, 0.25) is 0 Å². The topological polar surface area (TPSA) is 86.3 Å². The monoisotopic (exact) mass is 390 g/mol. The summed E-state index contributed by atoms with van der Waals surface area (Å²) in [5.74, 6) is 0.136. The number of hydrogen-bond donors (Lipinski definition) is 1. The summed E-state index contributed by atoms with van der Waals surface area (Å²) in [5.41, 5.74) is -0.629. The average Bonchev–Trinajstić information content (AvgIpc) is 3.16. The molecule has 1 N–H and O–H groups in total. The second-order valence-electron chi connectivity index (χ2n) is 7.84. The van der Waals surface area contributed by atoms with Gasteiger partial charge in [0, 0.05) is 37.7 Å². The minimum absolute atomic E-state index is 0.199. The fraction of sp³-hybridized carbons (Fsp3) is 0.600. The van der Waals surface area contributed by atoms with Gasteiger partial charge in [0.25, 0.3) is 0 Å². The van der Waals surface area contributed by atoms with Gasteiger partial charge in [0.1, 0.15) is 18.6 Å². The SMILES string of the molecule is CC(C)(C(=O)Nc1ccc2c(c1)OCCO2)C(=O)N1CCC2(CC1)OCCO2. The lowest BCUT2D eigenvalue weighted by Gasteiger charge is -2.40. The van der Waals surface area contributed by atoms with E-state index in [1.165, 1.54) is 0 Å². The van der Waals surface area contributed by atoms with Gasteiger partial charge in [0.2, 0.25) is 11.8 Å². The summed E-state index contributed by atoms with van der Waals surface area (Å²) in [7, 11) is 0. The van der Waals surface area contributed by atoms with Crippen molar-refractivity contribution >= 4 is 17.5 Å². The van der Waals surface area contributed by atoms with E-state index >= 15 is 0 Å². The number of anilines is 1. The highest BCUT2D eigenvalue weighted by Gasteiger charge is 2.45. The molecular formula is C20H26N2O6. The number of benzene rings is 1. The fourth-order valence-electron chi connectivity index (χ4n) is 3.74. The minimum atomic E-state index is -1.20. The third-order valence-corrected chi connectivity index (χ3v) is 5.53. The van der Waals surface area contributed by atoms with Gasteiger partial charge in [-0.2, -0.15) is 0 Å². The first-order valence-electron chi connectivity index (χ1n) is 9.68. The summed E-state index contributed by atoms with van der Waals surface area (Å²) in [4.78, 5) is 27.6. The number of ether oxygens (including phenoxy) is 4. The van der Waals surface area contributed by atoms with E-state index in [1.807, 2.05) is 0 Å². The van der Waals surface area contributed by atoms with Crippen molar-refractivity contribution in [1.29, 1.82) is 0 Å². The molecule has 2 amide bonds. The van der Waals surface area contributed by atoms with Crippen LogP contribution in [0.3, 0.4) is 0 Å². The van der Waals surface area contributed by atoms with Gasteiger partial charge in [-0.25, -0.2) is 0 Å². The molecule has 4 rings (SSSR count). The summed E-state index contributed by atoms with van der Waals surface area (Å²) in [5, 5.41) is 2.83. The molecular weight excluding hydrogens is 364 g/mol. The second kappa shape index (κ2) is 7.25. The highest BCUT2D eigenvalue weighted by Crippen LogP contribution is 2.35. The predicted molar refractivity (Wildman–Crippen MR) is 100 cm³/mol. The Balaban J connectivity index is 1.39. The molecule has 1 aromatic rings. The van der Waals surface area contributed by atoms with Gasteiger partial charge >= 0.3 is 0 Å². The molecule has 1 aromatic carbocycles. The molecule has 3 aliphatic rings. The Morgan fingerprint density at radius 2 is 1.64 bits per heavy atom. The quantitative estimate of drug-likeness (QED) is 0.792. The molecule has 0 bridgehead atoms. The van der Waals surface area contributed by atoms with Crippen LogP contribution in [0.4, 0.5) is 5.69 Å².